The normalized spacial score (nSPS) is 17.0. The Morgan fingerprint density at radius 2 is 1.81 bits per heavy atom. The van der Waals surface area contributed by atoms with Gasteiger partial charge in [-0.1, -0.05) is 44.5 Å². The average Bonchev–Trinajstić information content (AvgIpc) is 2.74. The Labute approximate surface area is 189 Å². The quantitative estimate of drug-likeness (QED) is 0.600. The van der Waals surface area contributed by atoms with Crippen molar-refractivity contribution in [1.82, 2.24) is 15.0 Å². The standard InChI is InChI=1S/C24H29ClN6/c1-17-15-30(23-20(25)6-5-11-26-23)12-13-31(17)22-14-21(27-16-28-22)29-19-9-7-18(8-10-19)24(2,3)4/h5-11,14,16-17H,12-13,15H2,1-4H3,(H,27,28,29). The van der Waals surface area contributed by atoms with Gasteiger partial charge >= 0.3 is 0 Å². The molecule has 31 heavy (non-hydrogen) atoms. The highest BCUT2D eigenvalue weighted by molar-refractivity contribution is 6.32. The zero-order valence-corrected chi connectivity index (χ0v) is 19.3. The molecule has 6 nitrogen and oxygen atoms in total. The van der Waals surface area contributed by atoms with Gasteiger partial charge in [0.1, 0.15) is 23.8 Å². The van der Waals surface area contributed by atoms with Crippen molar-refractivity contribution < 1.29 is 0 Å². The Hall–Kier alpha value is -2.86. The van der Waals surface area contributed by atoms with Crippen LogP contribution in [-0.2, 0) is 5.41 Å². The molecule has 1 atom stereocenters. The number of pyridine rings is 1. The molecule has 4 rings (SSSR count). The Morgan fingerprint density at radius 1 is 1.03 bits per heavy atom. The molecule has 0 radical (unpaired) electrons. The molecule has 0 saturated carbocycles. The van der Waals surface area contributed by atoms with Crippen LogP contribution < -0.4 is 15.1 Å². The van der Waals surface area contributed by atoms with Crippen molar-refractivity contribution in [2.45, 2.75) is 39.2 Å². The average molecular weight is 437 g/mol. The number of hydrogen-bond acceptors (Lipinski definition) is 6. The third kappa shape index (κ3) is 4.90. The molecular formula is C24H29ClN6. The van der Waals surface area contributed by atoms with E-state index < -0.39 is 0 Å². The predicted molar refractivity (Wildman–Crippen MR) is 129 cm³/mol. The lowest BCUT2D eigenvalue weighted by atomic mass is 9.87. The third-order valence-corrected chi connectivity index (χ3v) is 5.93. The van der Waals surface area contributed by atoms with Crippen LogP contribution in [0, 0.1) is 0 Å². The van der Waals surface area contributed by atoms with Crippen molar-refractivity contribution >= 4 is 34.7 Å². The molecule has 1 N–H and O–H groups in total. The largest absolute Gasteiger partial charge is 0.352 e. The Balaban J connectivity index is 1.45. The summed E-state index contributed by atoms with van der Waals surface area (Å²) in [5, 5.41) is 4.09. The molecule has 2 aromatic heterocycles. The number of hydrogen-bond donors (Lipinski definition) is 1. The molecule has 3 aromatic rings. The van der Waals surface area contributed by atoms with Crippen LogP contribution in [-0.4, -0.2) is 40.6 Å². The van der Waals surface area contributed by atoms with Crippen molar-refractivity contribution in [2.24, 2.45) is 0 Å². The maximum absolute atomic E-state index is 6.34. The van der Waals surface area contributed by atoms with Crippen LogP contribution in [0.2, 0.25) is 5.02 Å². The lowest BCUT2D eigenvalue weighted by Gasteiger charge is -2.41. The van der Waals surface area contributed by atoms with Gasteiger partial charge in [-0.05, 0) is 42.2 Å². The van der Waals surface area contributed by atoms with Gasteiger partial charge in [0, 0.05) is 43.6 Å². The van der Waals surface area contributed by atoms with Gasteiger partial charge in [0.2, 0.25) is 0 Å². The van der Waals surface area contributed by atoms with Crippen LogP contribution in [0.25, 0.3) is 0 Å². The molecule has 0 spiro atoms. The number of anilines is 4. The molecule has 162 valence electrons. The molecule has 1 fully saturated rings. The van der Waals surface area contributed by atoms with Gasteiger partial charge in [-0.15, -0.1) is 0 Å². The van der Waals surface area contributed by atoms with Crippen LogP contribution >= 0.6 is 11.6 Å². The van der Waals surface area contributed by atoms with Crippen molar-refractivity contribution in [2.75, 3.05) is 34.8 Å². The minimum Gasteiger partial charge on any atom is -0.352 e. The summed E-state index contributed by atoms with van der Waals surface area (Å²) in [4.78, 5) is 17.9. The van der Waals surface area contributed by atoms with E-state index in [2.05, 4.69) is 82.0 Å². The number of aromatic nitrogens is 3. The molecule has 1 unspecified atom stereocenters. The van der Waals surface area contributed by atoms with E-state index in [4.69, 9.17) is 11.6 Å². The number of benzene rings is 1. The number of halogens is 1. The van der Waals surface area contributed by atoms with Crippen molar-refractivity contribution in [3.05, 3.63) is 65.6 Å². The van der Waals surface area contributed by atoms with E-state index in [1.165, 1.54) is 5.56 Å². The SMILES string of the molecule is CC1CN(c2ncccc2Cl)CCN1c1cc(Nc2ccc(C(C)(C)C)cc2)ncn1. The zero-order chi connectivity index (χ0) is 22.0. The summed E-state index contributed by atoms with van der Waals surface area (Å²) in [6, 6.07) is 14.5. The first kappa shape index (κ1) is 21.4. The predicted octanol–water partition coefficient (Wildman–Crippen LogP) is 5.28. The molecule has 1 saturated heterocycles. The maximum Gasteiger partial charge on any atom is 0.147 e. The summed E-state index contributed by atoms with van der Waals surface area (Å²) in [6.45, 7) is 11.4. The molecule has 3 heterocycles. The first-order chi connectivity index (χ1) is 14.8. The topological polar surface area (TPSA) is 57.2 Å². The maximum atomic E-state index is 6.34. The fourth-order valence-electron chi connectivity index (χ4n) is 3.87. The van der Waals surface area contributed by atoms with E-state index in [-0.39, 0.29) is 11.5 Å². The first-order valence-electron chi connectivity index (χ1n) is 10.6. The smallest absolute Gasteiger partial charge is 0.147 e. The Kier molecular flexibility index (Phi) is 6.01. The molecule has 0 amide bonds. The Morgan fingerprint density at radius 3 is 2.48 bits per heavy atom. The van der Waals surface area contributed by atoms with Gasteiger partial charge in [-0.25, -0.2) is 15.0 Å². The fourth-order valence-corrected chi connectivity index (χ4v) is 4.12. The minimum atomic E-state index is 0.137. The number of rotatable bonds is 4. The third-order valence-electron chi connectivity index (χ3n) is 5.64. The highest BCUT2D eigenvalue weighted by Gasteiger charge is 2.26. The second-order valence-electron chi connectivity index (χ2n) is 9.01. The second kappa shape index (κ2) is 8.71. The highest BCUT2D eigenvalue weighted by atomic mass is 35.5. The molecule has 7 heteroatoms. The van der Waals surface area contributed by atoms with E-state index in [1.807, 2.05) is 18.2 Å². The van der Waals surface area contributed by atoms with Gasteiger partial charge in [-0.2, -0.15) is 0 Å². The molecule has 0 bridgehead atoms. The van der Waals surface area contributed by atoms with Crippen LogP contribution in [0.1, 0.15) is 33.3 Å². The lowest BCUT2D eigenvalue weighted by Crippen LogP contribution is -2.52. The molecule has 1 aliphatic rings. The number of nitrogens with one attached hydrogen (secondary N) is 1. The van der Waals surface area contributed by atoms with Gasteiger partial charge in [0.25, 0.3) is 0 Å². The number of nitrogens with zero attached hydrogens (tertiary/aromatic N) is 5. The second-order valence-corrected chi connectivity index (χ2v) is 9.42. The van der Waals surface area contributed by atoms with Crippen molar-refractivity contribution in [3.63, 3.8) is 0 Å². The summed E-state index contributed by atoms with van der Waals surface area (Å²) in [5.41, 5.74) is 2.46. The van der Waals surface area contributed by atoms with Crippen LogP contribution in [0.5, 0.6) is 0 Å². The van der Waals surface area contributed by atoms with Gasteiger partial charge in [-0.3, -0.25) is 0 Å². The van der Waals surface area contributed by atoms with E-state index in [1.54, 1.807) is 12.5 Å². The lowest BCUT2D eigenvalue weighted by molar-refractivity contribution is 0.542. The van der Waals surface area contributed by atoms with Crippen LogP contribution in [0.3, 0.4) is 0 Å². The molecule has 0 aliphatic carbocycles. The highest BCUT2D eigenvalue weighted by Crippen LogP contribution is 2.28. The van der Waals surface area contributed by atoms with Gasteiger partial charge in [0.05, 0.1) is 5.02 Å². The van der Waals surface area contributed by atoms with Crippen molar-refractivity contribution in [3.8, 4) is 0 Å². The molecule has 1 aromatic carbocycles. The monoisotopic (exact) mass is 436 g/mol. The molecular weight excluding hydrogens is 408 g/mol. The number of piperazine rings is 1. The molecule has 1 aliphatic heterocycles. The first-order valence-corrected chi connectivity index (χ1v) is 11.0. The van der Waals surface area contributed by atoms with Crippen LogP contribution in [0.4, 0.5) is 23.1 Å². The summed E-state index contributed by atoms with van der Waals surface area (Å²) < 4.78 is 0. The summed E-state index contributed by atoms with van der Waals surface area (Å²) in [6.07, 6.45) is 3.41. The van der Waals surface area contributed by atoms with E-state index >= 15 is 0 Å². The van der Waals surface area contributed by atoms with E-state index in [0.29, 0.717) is 5.02 Å². The summed E-state index contributed by atoms with van der Waals surface area (Å²) >= 11 is 6.34. The van der Waals surface area contributed by atoms with E-state index in [9.17, 15) is 0 Å². The summed E-state index contributed by atoms with van der Waals surface area (Å²) in [5.74, 6) is 2.55. The Bertz CT molecular complexity index is 1030. The minimum absolute atomic E-state index is 0.137. The van der Waals surface area contributed by atoms with E-state index in [0.717, 1.165) is 42.8 Å². The van der Waals surface area contributed by atoms with Crippen molar-refractivity contribution in [1.29, 1.82) is 0 Å². The van der Waals surface area contributed by atoms with Crippen LogP contribution in [0.15, 0.2) is 55.0 Å². The van der Waals surface area contributed by atoms with Gasteiger partial charge in [0.15, 0.2) is 0 Å². The zero-order valence-electron chi connectivity index (χ0n) is 18.5. The van der Waals surface area contributed by atoms with Gasteiger partial charge < -0.3 is 15.1 Å². The summed E-state index contributed by atoms with van der Waals surface area (Å²) in [7, 11) is 0. The fraction of sp³-hybridized carbons (Fsp3) is 0.375.